The van der Waals surface area contributed by atoms with E-state index in [1.54, 1.807) is 0 Å². The van der Waals surface area contributed by atoms with E-state index in [9.17, 15) is 9.59 Å². The molecule has 0 aliphatic heterocycles. The lowest BCUT2D eigenvalue weighted by molar-refractivity contribution is -0.126. The molecule has 1 aliphatic rings. The minimum atomic E-state index is -0.116. The van der Waals surface area contributed by atoms with Crippen LogP contribution in [0.4, 0.5) is 0 Å². The summed E-state index contributed by atoms with van der Waals surface area (Å²) in [5.41, 5.74) is 3.54. The summed E-state index contributed by atoms with van der Waals surface area (Å²) in [6.45, 7) is 2.06. The molecule has 6 heteroatoms. The number of H-pyrrole nitrogens is 1. The monoisotopic (exact) mass is 460 g/mol. The Morgan fingerprint density at radius 3 is 2.41 bits per heavy atom. The van der Waals surface area contributed by atoms with Gasteiger partial charge in [-0.2, -0.15) is 0 Å². The molecule has 0 saturated heterocycles. The maximum atomic E-state index is 12.5. The van der Waals surface area contributed by atoms with Crippen LogP contribution in [0.2, 0.25) is 0 Å². The van der Waals surface area contributed by atoms with Gasteiger partial charge >= 0.3 is 0 Å². The fourth-order valence-electron chi connectivity index (χ4n) is 5.40. The lowest BCUT2D eigenvalue weighted by Crippen LogP contribution is -2.50. The van der Waals surface area contributed by atoms with Crippen LogP contribution >= 0.6 is 0 Å². The van der Waals surface area contributed by atoms with Crippen LogP contribution in [0, 0.1) is 0 Å². The van der Waals surface area contributed by atoms with Crippen molar-refractivity contribution < 1.29 is 9.59 Å². The van der Waals surface area contributed by atoms with Crippen molar-refractivity contribution in [2.45, 2.75) is 56.5 Å². The average Bonchev–Trinajstić information content (AvgIpc) is 3.28. The Labute approximate surface area is 202 Å². The highest BCUT2D eigenvalue weighted by atomic mass is 16.2. The number of hydrogen-bond acceptors (Lipinski definition) is 3. The molecule has 6 nitrogen and oxygen atoms in total. The zero-order valence-electron chi connectivity index (χ0n) is 20.4. The van der Waals surface area contributed by atoms with E-state index >= 15 is 0 Å². The van der Waals surface area contributed by atoms with Crippen LogP contribution in [0.5, 0.6) is 0 Å². The predicted molar refractivity (Wildman–Crippen MR) is 137 cm³/mol. The van der Waals surface area contributed by atoms with Crippen LogP contribution in [-0.2, 0) is 15.1 Å². The molecular weight excluding hydrogens is 424 g/mol. The van der Waals surface area contributed by atoms with Gasteiger partial charge in [-0.25, -0.2) is 0 Å². The van der Waals surface area contributed by atoms with Gasteiger partial charge in [0.25, 0.3) is 0 Å². The molecule has 1 saturated carbocycles. The second-order valence-corrected chi connectivity index (χ2v) is 9.81. The van der Waals surface area contributed by atoms with Crippen molar-refractivity contribution in [1.29, 1.82) is 0 Å². The Hall–Kier alpha value is -3.12. The molecule has 1 fully saturated rings. The molecular formula is C28H36N4O2. The number of nitrogens with one attached hydrogen (secondary N) is 3. The number of aromatic nitrogens is 1. The first kappa shape index (κ1) is 24.0. The molecule has 0 radical (unpaired) electrons. The molecule has 3 aromatic rings. The van der Waals surface area contributed by atoms with E-state index in [4.69, 9.17) is 0 Å². The summed E-state index contributed by atoms with van der Waals surface area (Å²) in [5.74, 6) is -0.155. The lowest BCUT2D eigenvalue weighted by atomic mass is 9.74. The summed E-state index contributed by atoms with van der Waals surface area (Å²) in [6.07, 6.45) is 6.14. The zero-order chi connectivity index (χ0) is 24.1. The van der Waals surface area contributed by atoms with Crippen molar-refractivity contribution in [1.82, 2.24) is 20.5 Å². The van der Waals surface area contributed by atoms with Gasteiger partial charge in [-0.05, 0) is 62.9 Å². The van der Waals surface area contributed by atoms with Crippen LogP contribution in [0.15, 0.2) is 60.8 Å². The van der Waals surface area contributed by atoms with Gasteiger partial charge in [-0.3, -0.25) is 14.5 Å². The molecule has 1 aromatic heterocycles. The molecule has 4 rings (SSSR count). The smallest absolute Gasteiger partial charge is 0.239 e. The van der Waals surface area contributed by atoms with Crippen molar-refractivity contribution in [3.63, 3.8) is 0 Å². The summed E-state index contributed by atoms with van der Waals surface area (Å²) in [6, 6.07) is 18.9. The molecule has 0 spiro atoms. The topological polar surface area (TPSA) is 77.2 Å². The first-order valence-electron chi connectivity index (χ1n) is 12.2. The summed E-state index contributed by atoms with van der Waals surface area (Å²) >= 11 is 0. The molecule has 1 atom stereocenters. The van der Waals surface area contributed by atoms with Crippen molar-refractivity contribution in [2.24, 2.45) is 0 Å². The Balaban J connectivity index is 1.24. The number of carbonyl (C=O) groups is 2. The van der Waals surface area contributed by atoms with Crippen molar-refractivity contribution in [2.75, 3.05) is 20.6 Å². The van der Waals surface area contributed by atoms with Crippen molar-refractivity contribution in [3.05, 3.63) is 71.9 Å². The van der Waals surface area contributed by atoms with Crippen LogP contribution in [0.3, 0.4) is 0 Å². The summed E-state index contributed by atoms with van der Waals surface area (Å²) in [4.78, 5) is 30.6. The first-order chi connectivity index (χ1) is 16.4. The summed E-state index contributed by atoms with van der Waals surface area (Å²) < 4.78 is 0. The molecule has 0 bridgehead atoms. The van der Waals surface area contributed by atoms with Gasteiger partial charge in [0, 0.05) is 35.1 Å². The number of amides is 2. The molecule has 1 aliphatic carbocycles. The molecule has 1 heterocycles. The second kappa shape index (κ2) is 10.4. The molecule has 1 unspecified atom stereocenters. The van der Waals surface area contributed by atoms with Gasteiger partial charge in [0.2, 0.25) is 11.8 Å². The highest BCUT2D eigenvalue weighted by molar-refractivity contribution is 5.87. The van der Waals surface area contributed by atoms with Gasteiger partial charge < -0.3 is 15.6 Å². The Morgan fingerprint density at radius 2 is 1.71 bits per heavy atom. The molecule has 2 aromatic carbocycles. The van der Waals surface area contributed by atoms with Gasteiger partial charge in [0.15, 0.2) is 0 Å². The number of para-hydroxylation sites is 1. The fourth-order valence-corrected chi connectivity index (χ4v) is 5.40. The Kier molecular flexibility index (Phi) is 7.37. The van der Waals surface area contributed by atoms with E-state index in [1.807, 2.05) is 37.4 Å². The van der Waals surface area contributed by atoms with Crippen LogP contribution in [-0.4, -0.2) is 48.4 Å². The molecule has 2 amide bonds. The number of fused-ring (bicyclic) bond motifs is 1. The van der Waals surface area contributed by atoms with Crippen LogP contribution in [0.1, 0.15) is 56.1 Å². The standard InChI is InChI=1S/C28H36N4O2/c1-20(24-18-29-25-12-8-7-11-23(24)25)17-26(33)30-19-27(34)31-22-13-15-28(16-14-22,32(2)3)21-9-5-4-6-10-21/h4-12,18,20,22,29H,13-17,19H2,1-3H3,(H,30,33)(H,31,34). The predicted octanol–water partition coefficient (Wildman–Crippen LogP) is 4.29. The van der Waals surface area contributed by atoms with Crippen molar-refractivity contribution >= 4 is 22.7 Å². The molecule has 3 N–H and O–H groups in total. The normalized spacial score (nSPS) is 21.4. The number of rotatable bonds is 8. The number of hydrogen-bond donors (Lipinski definition) is 3. The number of benzene rings is 2. The minimum Gasteiger partial charge on any atom is -0.361 e. The maximum Gasteiger partial charge on any atom is 0.239 e. The first-order valence-corrected chi connectivity index (χ1v) is 12.2. The molecule has 34 heavy (non-hydrogen) atoms. The third-order valence-electron chi connectivity index (χ3n) is 7.43. The minimum absolute atomic E-state index is 0.00917. The van der Waals surface area contributed by atoms with Gasteiger partial charge in [0.05, 0.1) is 6.54 Å². The Bertz CT molecular complexity index is 1110. The Morgan fingerprint density at radius 1 is 1.03 bits per heavy atom. The van der Waals surface area contributed by atoms with E-state index in [1.165, 1.54) is 5.56 Å². The number of aromatic amines is 1. The summed E-state index contributed by atoms with van der Waals surface area (Å²) in [7, 11) is 4.28. The van der Waals surface area contributed by atoms with E-state index in [-0.39, 0.29) is 35.9 Å². The number of carbonyl (C=O) groups excluding carboxylic acids is 2. The third-order valence-corrected chi connectivity index (χ3v) is 7.43. The average molecular weight is 461 g/mol. The van der Waals surface area contributed by atoms with Crippen LogP contribution in [0.25, 0.3) is 10.9 Å². The van der Waals surface area contributed by atoms with E-state index in [2.05, 4.69) is 64.9 Å². The largest absolute Gasteiger partial charge is 0.361 e. The number of nitrogens with zero attached hydrogens (tertiary/aromatic N) is 1. The lowest BCUT2D eigenvalue weighted by Gasteiger charge is -2.45. The third kappa shape index (κ3) is 5.17. The SMILES string of the molecule is CC(CC(=O)NCC(=O)NC1CCC(c2ccccc2)(N(C)C)CC1)c1c[nH]c2ccccc12. The van der Waals surface area contributed by atoms with E-state index < -0.39 is 0 Å². The van der Waals surface area contributed by atoms with E-state index in [0.717, 1.165) is 42.1 Å². The van der Waals surface area contributed by atoms with Crippen LogP contribution < -0.4 is 10.6 Å². The van der Waals surface area contributed by atoms with E-state index in [0.29, 0.717) is 6.42 Å². The maximum absolute atomic E-state index is 12.5. The summed E-state index contributed by atoms with van der Waals surface area (Å²) in [5, 5.41) is 7.07. The van der Waals surface area contributed by atoms with Gasteiger partial charge in [-0.1, -0.05) is 55.5 Å². The highest BCUT2D eigenvalue weighted by Gasteiger charge is 2.38. The zero-order valence-corrected chi connectivity index (χ0v) is 20.4. The van der Waals surface area contributed by atoms with Gasteiger partial charge in [0.1, 0.15) is 0 Å². The second-order valence-electron chi connectivity index (χ2n) is 9.81. The van der Waals surface area contributed by atoms with Crippen molar-refractivity contribution in [3.8, 4) is 0 Å². The molecule has 180 valence electrons. The highest BCUT2D eigenvalue weighted by Crippen LogP contribution is 2.41. The fraction of sp³-hybridized carbons (Fsp3) is 0.429. The van der Waals surface area contributed by atoms with Gasteiger partial charge in [-0.15, -0.1) is 0 Å². The quantitative estimate of drug-likeness (QED) is 0.469.